The fourth-order valence-corrected chi connectivity index (χ4v) is 3.77. The third-order valence-electron chi connectivity index (χ3n) is 4.05. The van der Waals surface area contributed by atoms with Crippen molar-refractivity contribution in [2.75, 3.05) is 0 Å². The lowest BCUT2D eigenvalue weighted by Gasteiger charge is -2.33. The van der Waals surface area contributed by atoms with Gasteiger partial charge in [-0.15, -0.1) is 0 Å². The zero-order chi connectivity index (χ0) is 15.6. The van der Waals surface area contributed by atoms with Crippen molar-refractivity contribution in [3.05, 3.63) is 33.3 Å². The molecule has 1 aromatic rings. The van der Waals surface area contributed by atoms with E-state index in [1.807, 2.05) is 19.1 Å². The highest BCUT2D eigenvalue weighted by Gasteiger charge is 2.42. The third kappa shape index (κ3) is 4.60. The summed E-state index contributed by atoms with van der Waals surface area (Å²) < 4.78 is 39.4. The first-order chi connectivity index (χ1) is 9.77. The van der Waals surface area contributed by atoms with Crippen LogP contribution < -0.4 is 5.32 Å². The van der Waals surface area contributed by atoms with Crippen molar-refractivity contribution < 1.29 is 13.2 Å². The predicted molar refractivity (Wildman–Crippen MR) is 82.5 cm³/mol. The zero-order valence-electron chi connectivity index (χ0n) is 11.7. The lowest BCUT2D eigenvalue weighted by atomic mass is 9.85. The van der Waals surface area contributed by atoms with E-state index in [2.05, 4.69) is 21.2 Å². The van der Waals surface area contributed by atoms with Gasteiger partial charge in [0.05, 0.1) is 5.92 Å². The summed E-state index contributed by atoms with van der Waals surface area (Å²) in [4.78, 5) is 0. The van der Waals surface area contributed by atoms with Crippen LogP contribution in [0.2, 0.25) is 5.02 Å². The van der Waals surface area contributed by atoms with Gasteiger partial charge in [-0.25, -0.2) is 0 Å². The molecule has 1 aliphatic carbocycles. The normalized spacial score (nSPS) is 24.9. The first-order valence-corrected chi connectivity index (χ1v) is 8.22. The molecule has 2 rings (SSSR count). The topological polar surface area (TPSA) is 12.0 Å². The minimum absolute atomic E-state index is 0.0671. The second kappa shape index (κ2) is 6.88. The molecule has 0 saturated heterocycles. The lowest BCUT2D eigenvalue weighted by Crippen LogP contribution is -2.39. The number of halogens is 5. The van der Waals surface area contributed by atoms with Crippen molar-refractivity contribution in [2.45, 2.75) is 50.9 Å². The molecule has 0 spiro atoms. The van der Waals surface area contributed by atoms with Gasteiger partial charge in [0.2, 0.25) is 0 Å². The van der Waals surface area contributed by atoms with Crippen molar-refractivity contribution >= 4 is 27.5 Å². The van der Waals surface area contributed by atoms with Gasteiger partial charge in [-0.3, -0.25) is 0 Å². The van der Waals surface area contributed by atoms with Gasteiger partial charge in [0.15, 0.2) is 0 Å². The molecule has 1 nitrogen and oxygen atoms in total. The monoisotopic (exact) mass is 383 g/mol. The molecule has 1 N–H and O–H groups in total. The SMILES string of the molecule is CC(NC1CCCC(C(F)(F)F)C1)c1ccc(Br)cc1Cl. The molecule has 0 amide bonds. The largest absolute Gasteiger partial charge is 0.391 e. The quantitative estimate of drug-likeness (QED) is 0.687. The highest BCUT2D eigenvalue weighted by Crippen LogP contribution is 2.38. The van der Waals surface area contributed by atoms with E-state index in [0.717, 1.165) is 16.5 Å². The zero-order valence-corrected chi connectivity index (χ0v) is 14.0. The molecule has 0 aliphatic heterocycles. The van der Waals surface area contributed by atoms with Crippen molar-refractivity contribution in [1.29, 1.82) is 0 Å². The average Bonchev–Trinajstić information content (AvgIpc) is 2.37. The van der Waals surface area contributed by atoms with Crippen LogP contribution in [0.1, 0.15) is 44.2 Å². The highest BCUT2D eigenvalue weighted by molar-refractivity contribution is 9.10. The van der Waals surface area contributed by atoms with Crippen LogP contribution in [-0.4, -0.2) is 12.2 Å². The van der Waals surface area contributed by atoms with Crippen LogP contribution in [0.25, 0.3) is 0 Å². The summed E-state index contributed by atoms with van der Waals surface area (Å²) in [6.45, 7) is 1.94. The fourth-order valence-electron chi connectivity index (χ4n) is 2.93. The number of hydrogen-bond donors (Lipinski definition) is 1. The van der Waals surface area contributed by atoms with Crippen molar-refractivity contribution in [3.63, 3.8) is 0 Å². The van der Waals surface area contributed by atoms with E-state index in [1.54, 1.807) is 6.07 Å². The van der Waals surface area contributed by atoms with Crippen LogP contribution in [0.4, 0.5) is 13.2 Å². The predicted octanol–water partition coefficient (Wildman–Crippen LogP) is 5.87. The Morgan fingerprint density at radius 1 is 1.33 bits per heavy atom. The molecular formula is C15H18BrClF3N. The Bertz CT molecular complexity index is 492. The maximum absolute atomic E-state index is 12.8. The highest BCUT2D eigenvalue weighted by atomic mass is 79.9. The van der Waals surface area contributed by atoms with Gasteiger partial charge in [-0.1, -0.05) is 40.0 Å². The molecule has 6 heteroatoms. The third-order valence-corrected chi connectivity index (χ3v) is 4.87. The second-order valence-electron chi connectivity index (χ2n) is 5.66. The molecule has 1 aromatic carbocycles. The van der Waals surface area contributed by atoms with E-state index in [9.17, 15) is 13.2 Å². The van der Waals surface area contributed by atoms with E-state index < -0.39 is 12.1 Å². The van der Waals surface area contributed by atoms with E-state index in [4.69, 9.17) is 11.6 Å². The molecule has 1 saturated carbocycles. The molecule has 0 heterocycles. The molecule has 1 aliphatic rings. The number of alkyl halides is 3. The second-order valence-corrected chi connectivity index (χ2v) is 6.98. The molecule has 21 heavy (non-hydrogen) atoms. The fraction of sp³-hybridized carbons (Fsp3) is 0.600. The summed E-state index contributed by atoms with van der Waals surface area (Å²) in [5, 5.41) is 3.92. The minimum Gasteiger partial charge on any atom is -0.307 e. The average molecular weight is 385 g/mol. The van der Waals surface area contributed by atoms with E-state index >= 15 is 0 Å². The molecule has 118 valence electrons. The Balaban J connectivity index is 2.00. The first kappa shape index (κ1) is 17.1. The Kier molecular flexibility index (Phi) is 5.60. The summed E-state index contributed by atoms with van der Waals surface area (Å²) in [6, 6.07) is 5.41. The molecule has 3 atom stereocenters. The number of rotatable bonds is 3. The van der Waals surface area contributed by atoms with Crippen molar-refractivity contribution in [3.8, 4) is 0 Å². The van der Waals surface area contributed by atoms with Gasteiger partial charge >= 0.3 is 6.18 Å². The van der Waals surface area contributed by atoms with E-state index in [1.165, 1.54) is 0 Å². The maximum atomic E-state index is 12.8. The molecule has 0 radical (unpaired) electrons. The molecule has 0 aromatic heterocycles. The van der Waals surface area contributed by atoms with Crippen LogP contribution in [-0.2, 0) is 0 Å². The number of hydrogen-bond acceptors (Lipinski definition) is 1. The Hall–Kier alpha value is -0.260. The van der Waals surface area contributed by atoms with Crippen LogP contribution in [0.15, 0.2) is 22.7 Å². The van der Waals surface area contributed by atoms with Gasteiger partial charge in [-0.05, 0) is 43.9 Å². The van der Waals surface area contributed by atoms with Gasteiger partial charge in [0, 0.05) is 21.6 Å². The van der Waals surface area contributed by atoms with Crippen molar-refractivity contribution in [2.24, 2.45) is 5.92 Å². The first-order valence-electron chi connectivity index (χ1n) is 7.05. The summed E-state index contributed by atoms with van der Waals surface area (Å²) in [6.07, 6.45) is -2.29. The standard InChI is InChI=1S/C15H18BrClF3N/c1-9(13-6-5-11(16)8-14(13)17)21-12-4-2-3-10(7-12)15(18,19)20/h5-6,8-10,12,21H,2-4,7H2,1H3. The van der Waals surface area contributed by atoms with Crippen LogP contribution >= 0.6 is 27.5 Å². The Morgan fingerprint density at radius 3 is 2.67 bits per heavy atom. The van der Waals surface area contributed by atoms with E-state index in [0.29, 0.717) is 11.4 Å². The van der Waals surface area contributed by atoms with Crippen molar-refractivity contribution in [1.82, 2.24) is 5.32 Å². The van der Waals surface area contributed by atoms with Gasteiger partial charge < -0.3 is 5.32 Å². The smallest absolute Gasteiger partial charge is 0.307 e. The molecule has 3 unspecified atom stereocenters. The number of benzene rings is 1. The Morgan fingerprint density at radius 2 is 2.05 bits per heavy atom. The summed E-state index contributed by atoms with van der Waals surface area (Å²) in [7, 11) is 0. The molecular weight excluding hydrogens is 367 g/mol. The summed E-state index contributed by atoms with van der Waals surface area (Å²) >= 11 is 9.54. The summed E-state index contributed by atoms with van der Waals surface area (Å²) in [5.74, 6) is -1.18. The van der Waals surface area contributed by atoms with Crippen LogP contribution in [0.3, 0.4) is 0 Å². The van der Waals surface area contributed by atoms with Crippen LogP contribution in [0, 0.1) is 5.92 Å². The number of nitrogens with one attached hydrogen (secondary N) is 1. The lowest BCUT2D eigenvalue weighted by molar-refractivity contribution is -0.183. The van der Waals surface area contributed by atoms with Gasteiger partial charge in [0.1, 0.15) is 0 Å². The summed E-state index contributed by atoms with van der Waals surface area (Å²) in [5.41, 5.74) is 0.911. The Labute approximate surface area is 136 Å². The minimum atomic E-state index is -4.08. The van der Waals surface area contributed by atoms with Gasteiger partial charge in [0.25, 0.3) is 0 Å². The van der Waals surface area contributed by atoms with Gasteiger partial charge in [-0.2, -0.15) is 13.2 Å². The van der Waals surface area contributed by atoms with E-state index in [-0.39, 0.29) is 24.9 Å². The molecule has 1 fully saturated rings. The maximum Gasteiger partial charge on any atom is 0.391 e. The molecule has 0 bridgehead atoms. The van der Waals surface area contributed by atoms with Crippen LogP contribution in [0.5, 0.6) is 0 Å².